The van der Waals surface area contributed by atoms with Crippen LogP contribution in [0, 0.1) is 12.3 Å². The largest absolute Gasteiger partial charge is 0.481 e. The molecule has 0 bridgehead atoms. The Morgan fingerprint density at radius 3 is 2.42 bits per heavy atom. The number of carbonyl (C=O) groups excluding carboxylic acids is 1. The average Bonchev–Trinajstić information content (AvgIpc) is 3.17. The predicted molar refractivity (Wildman–Crippen MR) is 70.4 cm³/mol. The van der Waals surface area contributed by atoms with Crippen molar-refractivity contribution in [3.05, 3.63) is 35.4 Å². The molecule has 1 amide bonds. The molecule has 19 heavy (non-hydrogen) atoms. The zero-order valence-corrected chi connectivity index (χ0v) is 10.8. The zero-order valence-electron chi connectivity index (χ0n) is 10.8. The van der Waals surface area contributed by atoms with E-state index in [-0.39, 0.29) is 12.5 Å². The van der Waals surface area contributed by atoms with E-state index in [9.17, 15) is 9.59 Å². The highest BCUT2D eigenvalue weighted by Crippen LogP contribution is 2.45. The highest BCUT2D eigenvalue weighted by molar-refractivity contribution is 5.84. The second-order valence-electron chi connectivity index (χ2n) is 5.19. The molecule has 5 heteroatoms. The quantitative estimate of drug-likeness (QED) is 0.737. The van der Waals surface area contributed by atoms with Crippen LogP contribution in [-0.4, -0.2) is 23.5 Å². The number of carbonyl (C=O) groups is 2. The van der Waals surface area contributed by atoms with E-state index in [1.165, 1.54) is 0 Å². The minimum atomic E-state index is -0.850. The molecule has 1 aliphatic rings. The first-order valence-electron chi connectivity index (χ1n) is 6.28. The van der Waals surface area contributed by atoms with Gasteiger partial charge in [0.2, 0.25) is 5.91 Å². The lowest BCUT2D eigenvalue weighted by Crippen LogP contribution is -2.39. The second kappa shape index (κ2) is 5.01. The monoisotopic (exact) mass is 262 g/mol. The van der Waals surface area contributed by atoms with Crippen molar-refractivity contribution in [1.29, 1.82) is 0 Å². The van der Waals surface area contributed by atoms with E-state index < -0.39 is 17.4 Å². The van der Waals surface area contributed by atoms with Crippen LogP contribution in [0.4, 0.5) is 0 Å². The first-order valence-corrected chi connectivity index (χ1v) is 6.28. The van der Waals surface area contributed by atoms with Gasteiger partial charge in [-0.1, -0.05) is 29.8 Å². The van der Waals surface area contributed by atoms with Crippen molar-refractivity contribution in [1.82, 2.24) is 5.32 Å². The fourth-order valence-corrected chi connectivity index (χ4v) is 1.91. The molecule has 1 aromatic carbocycles. The summed E-state index contributed by atoms with van der Waals surface area (Å²) in [6, 6.07) is 6.64. The zero-order chi connectivity index (χ0) is 14.0. The van der Waals surface area contributed by atoms with E-state index in [0.717, 1.165) is 11.1 Å². The van der Waals surface area contributed by atoms with Crippen LogP contribution < -0.4 is 11.1 Å². The van der Waals surface area contributed by atoms with Crippen molar-refractivity contribution in [2.75, 3.05) is 6.54 Å². The Morgan fingerprint density at radius 2 is 1.95 bits per heavy atom. The number of aliphatic carboxylic acids is 1. The van der Waals surface area contributed by atoms with Gasteiger partial charge in [0.05, 0.1) is 5.41 Å². The molecule has 0 aromatic heterocycles. The number of amides is 1. The summed E-state index contributed by atoms with van der Waals surface area (Å²) in [5.74, 6) is -1.19. The molecule has 1 atom stereocenters. The number of nitrogens with one attached hydrogen (secondary N) is 1. The number of hydrogen-bond acceptors (Lipinski definition) is 3. The van der Waals surface area contributed by atoms with Gasteiger partial charge in [-0.3, -0.25) is 9.59 Å². The third-order valence-corrected chi connectivity index (χ3v) is 3.63. The van der Waals surface area contributed by atoms with Gasteiger partial charge in [0.1, 0.15) is 6.04 Å². The topological polar surface area (TPSA) is 92.4 Å². The van der Waals surface area contributed by atoms with Crippen molar-refractivity contribution >= 4 is 11.9 Å². The van der Waals surface area contributed by atoms with Crippen LogP contribution >= 0.6 is 0 Å². The van der Waals surface area contributed by atoms with E-state index in [2.05, 4.69) is 5.32 Å². The molecular formula is C14H18N2O3. The molecule has 1 aromatic rings. The predicted octanol–water partition coefficient (Wildman–Crippen LogP) is 0.976. The first kappa shape index (κ1) is 13.5. The molecule has 1 unspecified atom stereocenters. The van der Waals surface area contributed by atoms with Gasteiger partial charge in [-0.25, -0.2) is 0 Å². The Morgan fingerprint density at radius 1 is 1.37 bits per heavy atom. The smallest absolute Gasteiger partial charge is 0.311 e. The molecule has 0 heterocycles. The van der Waals surface area contributed by atoms with Crippen LogP contribution in [0.5, 0.6) is 0 Å². The Kier molecular flexibility index (Phi) is 3.57. The maximum atomic E-state index is 11.9. The van der Waals surface area contributed by atoms with Crippen LogP contribution in [-0.2, 0) is 9.59 Å². The summed E-state index contributed by atoms with van der Waals surface area (Å²) in [6.07, 6.45) is 1.23. The number of aryl methyl sites for hydroxylation is 1. The number of benzene rings is 1. The second-order valence-corrected chi connectivity index (χ2v) is 5.19. The Balaban J connectivity index is 1.93. The van der Waals surface area contributed by atoms with Crippen LogP contribution in [0.1, 0.15) is 30.0 Å². The first-order chi connectivity index (χ1) is 8.94. The van der Waals surface area contributed by atoms with Crippen molar-refractivity contribution in [2.45, 2.75) is 25.8 Å². The molecule has 5 nitrogen and oxygen atoms in total. The molecule has 0 radical (unpaired) electrons. The number of hydrogen-bond donors (Lipinski definition) is 3. The van der Waals surface area contributed by atoms with Gasteiger partial charge in [-0.2, -0.15) is 0 Å². The van der Waals surface area contributed by atoms with Gasteiger partial charge >= 0.3 is 5.97 Å². The maximum absolute atomic E-state index is 11.9. The molecule has 0 saturated heterocycles. The summed E-state index contributed by atoms with van der Waals surface area (Å²) < 4.78 is 0. The van der Waals surface area contributed by atoms with Crippen LogP contribution in [0.2, 0.25) is 0 Å². The Hall–Kier alpha value is -1.88. The number of carboxylic acids is 1. The van der Waals surface area contributed by atoms with Gasteiger partial charge in [0, 0.05) is 6.54 Å². The molecule has 1 saturated carbocycles. The maximum Gasteiger partial charge on any atom is 0.311 e. The van der Waals surface area contributed by atoms with E-state index >= 15 is 0 Å². The van der Waals surface area contributed by atoms with E-state index in [4.69, 9.17) is 10.8 Å². The summed E-state index contributed by atoms with van der Waals surface area (Å²) in [5, 5.41) is 11.7. The molecule has 0 spiro atoms. The van der Waals surface area contributed by atoms with Crippen LogP contribution in [0.3, 0.4) is 0 Å². The summed E-state index contributed by atoms with van der Waals surface area (Å²) >= 11 is 0. The van der Waals surface area contributed by atoms with Crippen LogP contribution in [0.25, 0.3) is 0 Å². The lowest BCUT2D eigenvalue weighted by molar-refractivity contribution is -0.143. The van der Waals surface area contributed by atoms with Crippen molar-refractivity contribution in [3.63, 3.8) is 0 Å². The molecule has 1 aliphatic carbocycles. The van der Waals surface area contributed by atoms with Crippen molar-refractivity contribution in [3.8, 4) is 0 Å². The summed E-state index contributed by atoms with van der Waals surface area (Å²) in [5.41, 5.74) is 6.92. The number of nitrogens with two attached hydrogens (primary N) is 1. The minimum absolute atomic E-state index is 0.154. The Bertz CT molecular complexity index is 492. The van der Waals surface area contributed by atoms with E-state index in [1.54, 1.807) is 0 Å². The highest BCUT2D eigenvalue weighted by Gasteiger charge is 2.50. The van der Waals surface area contributed by atoms with Crippen molar-refractivity contribution < 1.29 is 14.7 Å². The van der Waals surface area contributed by atoms with Crippen molar-refractivity contribution in [2.24, 2.45) is 11.1 Å². The molecular weight excluding hydrogens is 244 g/mol. The highest BCUT2D eigenvalue weighted by atomic mass is 16.4. The SMILES string of the molecule is Cc1ccc(C(N)C(=O)NCC2(C(=O)O)CC2)cc1. The minimum Gasteiger partial charge on any atom is -0.481 e. The lowest BCUT2D eigenvalue weighted by atomic mass is 10.0. The number of rotatable bonds is 5. The summed E-state index contributed by atoms with van der Waals surface area (Å²) in [6.45, 7) is 2.11. The number of carboxylic acid groups (broad SMARTS) is 1. The molecule has 2 rings (SSSR count). The molecule has 1 fully saturated rings. The van der Waals surface area contributed by atoms with Gasteiger partial charge in [-0.15, -0.1) is 0 Å². The molecule has 4 N–H and O–H groups in total. The van der Waals surface area contributed by atoms with Crippen LogP contribution in [0.15, 0.2) is 24.3 Å². The average molecular weight is 262 g/mol. The van der Waals surface area contributed by atoms with E-state index in [0.29, 0.717) is 12.8 Å². The molecule has 0 aliphatic heterocycles. The lowest BCUT2D eigenvalue weighted by Gasteiger charge is -2.15. The van der Waals surface area contributed by atoms with Gasteiger partial charge < -0.3 is 16.2 Å². The fourth-order valence-electron chi connectivity index (χ4n) is 1.91. The standard InChI is InChI=1S/C14H18N2O3/c1-9-2-4-10(5-3-9)11(15)12(17)16-8-14(6-7-14)13(18)19/h2-5,11H,6-8,15H2,1H3,(H,16,17)(H,18,19). The van der Waals surface area contributed by atoms with Gasteiger partial charge in [-0.05, 0) is 25.3 Å². The third-order valence-electron chi connectivity index (χ3n) is 3.63. The van der Waals surface area contributed by atoms with E-state index in [1.807, 2.05) is 31.2 Å². The fraction of sp³-hybridized carbons (Fsp3) is 0.429. The Labute approximate surface area is 111 Å². The third kappa shape index (κ3) is 2.93. The summed E-state index contributed by atoms with van der Waals surface area (Å²) in [7, 11) is 0. The van der Waals surface area contributed by atoms with Gasteiger partial charge in [0.25, 0.3) is 0 Å². The van der Waals surface area contributed by atoms with Gasteiger partial charge in [0.15, 0.2) is 0 Å². The normalized spacial score (nSPS) is 17.6. The summed E-state index contributed by atoms with van der Waals surface area (Å²) in [4.78, 5) is 22.9. The molecule has 102 valence electrons.